The molecule has 294 valence electrons. The highest BCUT2D eigenvalue weighted by Gasteiger charge is 2.52. The van der Waals surface area contributed by atoms with Crippen molar-refractivity contribution in [1.82, 2.24) is 5.32 Å². The van der Waals surface area contributed by atoms with Crippen LogP contribution in [0, 0.1) is 37.5 Å². The standard InChI is InChI=1S/C42H50N2O11/c1-19-13-15-26(16-14-19)43-31-32-38(50)29-28(37(31)49)30-39(25(7)36(29)48)55-42(8,40(30)51)54-18-17-27(53-9)22(4)34(46)24(6)35(47)23(5)33(45)20(2)11-10-12-21(3)41(52)44-32/h10-18,20,22-24,27,33-35,43,45-48H,1-9H3,(H,44,52)/b11-10+,18-17+,21-12-. The lowest BCUT2D eigenvalue weighted by Crippen LogP contribution is -2.45. The summed E-state index contributed by atoms with van der Waals surface area (Å²) in [6, 6.07) is 6.91. The fourth-order valence-corrected chi connectivity index (χ4v) is 7.20. The molecule has 2 aromatic rings. The van der Waals surface area contributed by atoms with Crippen LogP contribution in [0.3, 0.4) is 0 Å². The minimum atomic E-state index is -2.06. The maximum atomic E-state index is 14.6. The molecule has 9 atom stereocenters. The van der Waals surface area contributed by atoms with E-state index < -0.39 is 99.7 Å². The molecule has 1 amide bonds. The number of carbonyl (C=O) groups is 4. The molecule has 13 heteroatoms. The van der Waals surface area contributed by atoms with Crippen molar-refractivity contribution in [2.75, 3.05) is 12.4 Å². The van der Waals surface area contributed by atoms with Crippen molar-refractivity contribution in [2.45, 2.75) is 85.6 Å². The summed E-state index contributed by atoms with van der Waals surface area (Å²) in [5, 5.41) is 50.7. The number of methoxy groups -OCH3 is 1. The number of aliphatic hydroxyl groups is 3. The maximum Gasteiger partial charge on any atom is 0.312 e. The van der Waals surface area contributed by atoms with E-state index in [0.717, 1.165) is 5.56 Å². The lowest BCUT2D eigenvalue weighted by atomic mass is 9.78. The molecule has 0 saturated carbocycles. The van der Waals surface area contributed by atoms with Gasteiger partial charge in [0, 0.05) is 54.5 Å². The van der Waals surface area contributed by atoms with Gasteiger partial charge in [-0.3, -0.25) is 19.2 Å². The zero-order chi connectivity index (χ0) is 40.7. The highest BCUT2D eigenvalue weighted by atomic mass is 16.7. The third kappa shape index (κ3) is 7.62. The predicted molar refractivity (Wildman–Crippen MR) is 203 cm³/mol. The van der Waals surface area contributed by atoms with E-state index in [4.69, 9.17) is 14.2 Å². The molecule has 4 aliphatic rings. The number of aryl methyl sites for hydroxylation is 1. The molecule has 2 aromatic carbocycles. The van der Waals surface area contributed by atoms with E-state index in [1.54, 1.807) is 64.1 Å². The Balaban J connectivity index is 1.67. The highest BCUT2D eigenvalue weighted by Crippen LogP contribution is 2.48. The summed E-state index contributed by atoms with van der Waals surface area (Å²) in [6.45, 7) is 12.9. The number of amides is 1. The summed E-state index contributed by atoms with van der Waals surface area (Å²) in [5.41, 5.74) is -0.492. The van der Waals surface area contributed by atoms with E-state index in [-0.39, 0.29) is 28.1 Å². The first kappa shape index (κ1) is 41.1. The number of nitrogens with one attached hydrogen (secondary N) is 2. The number of carbonyl (C=O) groups excluding carboxylic acids is 4. The molecular formula is C42H50N2O11. The lowest BCUT2D eigenvalue weighted by Gasteiger charge is -2.36. The van der Waals surface area contributed by atoms with Crippen molar-refractivity contribution < 1.29 is 53.8 Å². The monoisotopic (exact) mass is 758 g/mol. The van der Waals surface area contributed by atoms with Crippen molar-refractivity contribution in [3.63, 3.8) is 0 Å². The largest absolute Gasteiger partial charge is 0.507 e. The van der Waals surface area contributed by atoms with E-state index in [1.165, 1.54) is 46.3 Å². The Morgan fingerprint density at radius 2 is 1.44 bits per heavy atom. The minimum absolute atomic E-state index is 0.00324. The molecule has 5 bridgehead atoms. The molecular weight excluding hydrogens is 708 g/mol. The Kier molecular flexibility index (Phi) is 11.9. The first-order valence-electron chi connectivity index (χ1n) is 18.2. The Hall–Kier alpha value is -5.08. The van der Waals surface area contributed by atoms with E-state index in [2.05, 4.69) is 10.6 Å². The van der Waals surface area contributed by atoms with Crippen LogP contribution in [0.15, 0.2) is 71.8 Å². The van der Waals surface area contributed by atoms with Gasteiger partial charge in [-0.15, -0.1) is 0 Å². The van der Waals surface area contributed by atoms with Crippen LogP contribution < -0.4 is 15.4 Å². The van der Waals surface area contributed by atoms with Crippen molar-refractivity contribution in [3.05, 3.63) is 99.6 Å². The number of phenolic OH excluding ortho intramolecular Hbond substituents is 1. The number of allylic oxidation sites excluding steroid dienone is 4. The molecule has 1 aliphatic carbocycles. The van der Waals surface area contributed by atoms with Gasteiger partial charge in [0.05, 0.1) is 47.4 Å². The van der Waals surface area contributed by atoms with Crippen molar-refractivity contribution in [3.8, 4) is 11.5 Å². The zero-order valence-corrected chi connectivity index (χ0v) is 32.5. The molecule has 0 aromatic heterocycles. The van der Waals surface area contributed by atoms with Crippen LogP contribution in [-0.2, 0) is 14.3 Å². The topological polar surface area (TPSA) is 201 Å². The first-order valence-corrected chi connectivity index (χ1v) is 18.2. The number of phenols is 1. The van der Waals surface area contributed by atoms with E-state index >= 15 is 0 Å². The Labute approximate surface area is 320 Å². The molecule has 55 heavy (non-hydrogen) atoms. The van der Waals surface area contributed by atoms with Gasteiger partial charge in [-0.25, -0.2) is 0 Å². The second kappa shape index (κ2) is 16.0. The summed E-state index contributed by atoms with van der Waals surface area (Å²) in [5.74, 6) is -8.63. The average molecular weight is 759 g/mol. The zero-order valence-electron chi connectivity index (χ0n) is 32.5. The summed E-state index contributed by atoms with van der Waals surface area (Å²) in [6.07, 6.45) is 3.28. The molecule has 3 aliphatic heterocycles. The molecule has 3 heterocycles. The summed E-state index contributed by atoms with van der Waals surface area (Å²) in [4.78, 5) is 56.8. The van der Waals surface area contributed by atoms with Crippen LogP contribution in [0.4, 0.5) is 5.69 Å². The van der Waals surface area contributed by atoms with Gasteiger partial charge in [-0.05, 0) is 39.0 Å². The third-order valence-corrected chi connectivity index (χ3v) is 11.0. The summed E-state index contributed by atoms with van der Waals surface area (Å²) < 4.78 is 17.5. The number of hydrogen-bond acceptors (Lipinski definition) is 12. The number of hydrogen-bond donors (Lipinski definition) is 6. The van der Waals surface area contributed by atoms with Gasteiger partial charge in [0.1, 0.15) is 22.9 Å². The van der Waals surface area contributed by atoms with Crippen molar-refractivity contribution >= 4 is 28.9 Å². The van der Waals surface area contributed by atoms with Gasteiger partial charge >= 0.3 is 5.79 Å². The first-order chi connectivity index (χ1) is 25.8. The number of fused-ring (bicyclic) bond motifs is 14. The van der Waals surface area contributed by atoms with Crippen molar-refractivity contribution in [1.29, 1.82) is 0 Å². The number of ketones is 3. The number of anilines is 1. The Bertz CT molecular complexity index is 2010. The lowest BCUT2D eigenvalue weighted by molar-refractivity contribution is -0.116. The van der Waals surface area contributed by atoms with Gasteiger partial charge in [-0.2, -0.15) is 0 Å². The van der Waals surface area contributed by atoms with Crippen LogP contribution >= 0.6 is 0 Å². The minimum Gasteiger partial charge on any atom is -0.507 e. The van der Waals surface area contributed by atoms with Crippen molar-refractivity contribution in [2.24, 2.45) is 23.7 Å². The SMILES string of the molecule is COC1/C=C/OC2(C)Oc3c(C)c(O)c4c(c3C2=O)C(=O)C(Nc2ccc(C)cc2)=C(NC(=O)/C(C)=C\C=C\C(C)C(O)C(C)C(O)C(C)C(O)C1C)C4=O. The van der Waals surface area contributed by atoms with E-state index in [0.29, 0.717) is 5.69 Å². The maximum absolute atomic E-state index is 14.6. The number of rotatable bonds is 3. The molecule has 0 fully saturated rings. The number of Topliss-reactive ketones (excluding diaryl/α,β-unsaturated/α-hetero) is 3. The highest BCUT2D eigenvalue weighted by molar-refractivity contribution is 6.33. The van der Waals surface area contributed by atoms with Gasteiger partial charge in [0.2, 0.25) is 11.6 Å². The van der Waals surface area contributed by atoms with Gasteiger partial charge < -0.3 is 45.3 Å². The van der Waals surface area contributed by atoms with E-state index in [1.807, 2.05) is 6.92 Å². The molecule has 6 N–H and O–H groups in total. The molecule has 13 nitrogen and oxygen atoms in total. The van der Waals surface area contributed by atoms with Crippen LogP contribution in [0.1, 0.15) is 83.7 Å². The molecule has 0 saturated heterocycles. The second-order valence-corrected chi connectivity index (χ2v) is 14.9. The quantitative estimate of drug-likeness (QED) is 0.250. The Morgan fingerprint density at radius 1 is 0.818 bits per heavy atom. The molecule has 0 spiro atoms. The van der Waals surface area contributed by atoms with Gasteiger partial charge in [0.15, 0.2) is 0 Å². The molecule has 6 rings (SSSR count). The van der Waals surface area contributed by atoms with E-state index in [9.17, 15) is 39.6 Å². The van der Waals surface area contributed by atoms with Crippen LogP contribution in [0.25, 0.3) is 0 Å². The molecule has 0 radical (unpaired) electrons. The smallest absolute Gasteiger partial charge is 0.312 e. The molecule has 9 unspecified atom stereocenters. The van der Waals surface area contributed by atoms with Crippen LogP contribution in [-0.4, -0.2) is 81.0 Å². The normalized spacial score (nSPS) is 32.6. The summed E-state index contributed by atoms with van der Waals surface area (Å²) >= 11 is 0. The summed E-state index contributed by atoms with van der Waals surface area (Å²) in [7, 11) is 1.42. The average Bonchev–Trinajstić information content (AvgIpc) is 3.42. The fraction of sp³-hybridized carbons (Fsp3) is 0.429. The number of aliphatic hydroxyl groups excluding tert-OH is 3. The second-order valence-electron chi connectivity index (χ2n) is 14.9. The number of aromatic hydroxyl groups is 1. The number of ether oxygens (including phenoxy) is 3. The predicted octanol–water partition coefficient (Wildman–Crippen LogP) is 4.81. The van der Waals surface area contributed by atoms with Crippen LogP contribution in [0.2, 0.25) is 0 Å². The Morgan fingerprint density at radius 3 is 2.07 bits per heavy atom. The number of benzene rings is 2. The third-order valence-electron chi connectivity index (χ3n) is 11.0. The van der Waals surface area contributed by atoms with Gasteiger partial charge in [-0.1, -0.05) is 63.6 Å². The van der Waals surface area contributed by atoms with Crippen LogP contribution in [0.5, 0.6) is 11.5 Å². The fourth-order valence-electron chi connectivity index (χ4n) is 7.20. The van der Waals surface area contributed by atoms with Gasteiger partial charge in [0.25, 0.3) is 11.7 Å².